The van der Waals surface area contributed by atoms with Gasteiger partial charge >= 0.3 is 5.97 Å². The first-order chi connectivity index (χ1) is 11.7. The number of hydrogen-bond donors (Lipinski definition) is 1. The summed E-state index contributed by atoms with van der Waals surface area (Å²) in [6, 6.07) is 9.73. The van der Waals surface area contributed by atoms with Crippen molar-refractivity contribution in [3.63, 3.8) is 0 Å². The summed E-state index contributed by atoms with van der Waals surface area (Å²) in [5.74, 6) is -0.262. The number of carbonyl (C=O) groups excluding carboxylic acids is 1. The summed E-state index contributed by atoms with van der Waals surface area (Å²) in [5.41, 5.74) is 4.54. The Kier molecular flexibility index (Phi) is 3.74. The molecule has 0 radical (unpaired) electrons. The van der Waals surface area contributed by atoms with Crippen LogP contribution in [0.15, 0.2) is 42.7 Å². The van der Waals surface area contributed by atoms with Gasteiger partial charge < -0.3 is 9.72 Å². The molecule has 0 atom stereocenters. The maximum absolute atomic E-state index is 12.1. The van der Waals surface area contributed by atoms with Gasteiger partial charge in [-0.15, -0.1) is 11.3 Å². The first kappa shape index (κ1) is 14.8. The van der Waals surface area contributed by atoms with E-state index in [0.717, 1.165) is 37.4 Å². The van der Waals surface area contributed by atoms with Crippen LogP contribution in [-0.2, 0) is 22.6 Å². The first-order valence-electron chi connectivity index (χ1n) is 7.62. The van der Waals surface area contributed by atoms with Gasteiger partial charge in [-0.25, -0.2) is 4.98 Å². The van der Waals surface area contributed by atoms with Gasteiger partial charge in [0.2, 0.25) is 0 Å². The van der Waals surface area contributed by atoms with Crippen molar-refractivity contribution in [3.8, 4) is 0 Å². The molecule has 0 bridgehead atoms. The van der Waals surface area contributed by atoms with E-state index in [0.29, 0.717) is 0 Å². The van der Waals surface area contributed by atoms with Crippen LogP contribution in [0.2, 0.25) is 0 Å². The molecular weight excluding hydrogens is 322 g/mol. The predicted octanol–water partition coefficient (Wildman–Crippen LogP) is 3.77. The number of aromatic amines is 1. The number of fused-ring (bicyclic) bond motifs is 2. The number of aryl methyl sites for hydroxylation is 1. The van der Waals surface area contributed by atoms with Crippen molar-refractivity contribution in [2.75, 3.05) is 0 Å². The third-order valence-corrected chi connectivity index (χ3v) is 4.74. The molecule has 3 aromatic heterocycles. The smallest absolute Gasteiger partial charge is 0.310 e. The van der Waals surface area contributed by atoms with Crippen LogP contribution in [0.1, 0.15) is 16.1 Å². The molecule has 4 rings (SSSR count). The summed E-state index contributed by atoms with van der Waals surface area (Å²) >= 11 is 1.64. The van der Waals surface area contributed by atoms with Crippen LogP contribution in [0.4, 0.5) is 0 Å². The van der Waals surface area contributed by atoms with Crippen LogP contribution in [0.3, 0.4) is 0 Å². The molecule has 0 saturated carbocycles. The van der Waals surface area contributed by atoms with Crippen molar-refractivity contribution in [2.24, 2.45) is 0 Å². The van der Waals surface area contributed by atoms with Crippen molar-refractivity contribution < 1.29 is 9.53 Å². The fourth-order valence-corrected chi connectivity index (χ4v) is 3.58. The molecule has 6 heteroatoms. The molecule has 120 valence electrons. The number of nitrogens with one attached hydrogen (secondary N) is 1. The minimum atomic E-state index is -0.262. The number of pyridine rings is 1. The van der Waals surface area contributed by atoms with E-state index in [1.807, 2.05) is 43.5 Å². The van der Waals surface area contributed by atoms with Gasteiger partial charge in [0.25, 0.3) is 0 Å². The Labute approximate surface area is 142 Å². The molecule has 0 saturated heterocycles. The Balaban J connectivity index is 1.43. The Morgan fingerprint density at radius 2 is 2.25 bits per heavy atom. The number of thiazole rings is 1. The molecule has 4 aromatic rings. The van der Waals surface area contributed by atoms with E-state index in [2.05, 4.69) is 15.0 Å². The van der Waals surface area contributed by atoms with Crippen molar-refractivity contribution in [3.05, 3.63) is 58.9 Å². The summed E-state index contributed by atoms with van der Waals surface area (Å²) in [6.07, 6.45) is 3.74. The van der Waals surface area contributed by atoms with E-state index in [4.69, 9.17) is 4.74 Å². The predicted molar refractivity (Wildman–Crippen MR) is 94.0 cm³/mol. The number of H-pyrrole nitrogens is 1. The normalized spacial score (nSPS) is 11.2. The molecule has 0 spiro atoms. The minimum Gasteiger partial charge on any atom is -0.461 e. The largest absolute Gasteiger partial charge is 0.461 e. The van der Waals surface area contributed by atoms with Gasteiger partial charge in [-0.1, -0.05) is 6.07 Å². The Bertz CT molecular complexity index is 1040. The molecule has 0 unspecified atom stereocenters. The Morgan fingerprint density at radius 3 is 3.17 bits per heavy atom. The molecular formula is C18H15N3O2S. The van der Waals surface area contributed by atoms with E-state index >= 15 is 0 Å². The highest BCUT2D eigenvalue weighted by molar-refractivity contribution is 7.18. The second-order valence-corrected chi connectivity index (χ2v) is 6.82. The van der Waals surface area contributed by atoms with Crippen LogP contribution in [0.25, 0.3) is 21.3 Å². The summed E-state index contributed by atoms with van der Waals surface area (Å²) in [4.78, 5) is 24.0. The number of hydrogen-bond acceptors (Lipinski definition) is 5. The maximum atomic E-state index is 12.1. The zero-order valence-electron chi connectivity index (χ0n) is 13.1. The van der Waals surface area contributed by atoms with Crippen LogP contribution in [0, 0.1) is 6.92 Å². The van der Waals surface area contributed by atoms with Gasteiger partial charge in [-0.05, 0) is 36.8 Å². The van der Waals surface area contributed by atoms with Crippen molar-refractivity contribution in [2.45, 2.75) is 20.0 Å². The molecule has 24 heavy (non-hydrogen) atoms. The molecule has 0 fully saturated rings. The average molecular weight is 337 g/mol. The number of rotatable bonds is 4. The van der Waals surface area contributed by atoms with E-state index in [1.165, 1.54) is 0 Å². The SMILES string of the molecule is Cc1nc2ccc(COC(=O)Cc3c[nH]c4cccnc34)cc2s1. The minimum absolute atomic E-state index is 0.207. The zero-order chi connectivity index (χ0) is 16.5. The molecule has 0 amide bonds. The summed E-state index contributed by atoms with van der Waals surface area (Å²) in [6.45, 7) is 2.25. The van der Waals surface area contributed by atoms with Crippen molar-refractivity contribution >= 4 is 38.6 Å². The average Bonchev–Trinajstić information content (AvgIpc) is 3.15. The lowest BCUT2D eigenvalue weighted by atomic mass is 10.2. The number of aromatic nitrogens is 3. The monoisotopic (exact) mass is 337 g/mol. The first-order valence-corrected chi connectivity index (χ1v) is 8.43. The molecule has 0 aliphatic rings. The lowest BCUT2D eigenvalue weighted by Gasteiger charge is -2.04. The van der Waals surface area contributed by atoms with Gasteiger partial charge in [-0.2, -0.15) is 0 Å². The van der Waals surface area contributed by atoms with Crippen molar-refractivity contribution in [1.82, 2.24) is 15.0 Å². The van der Waals surface area contributed by atoms with Crippen LogP contribution in [-0.4, -0.2) is 20.9 Å². The third kappa shape index (κ3) is 2.88. The number of benzene rings is 1. The Hall–Kier alpha value is -2.73. The summed E-state index contributed by atoms with van der Waals surface area (Å²) < 4.78 is 6.52. The molecule has 1 aromatic carbocycles. The fourth-order valence-electron chi connectivity index (χ4n) is 2.69. The molecule has 5 nitrogen and oxygen atoms in total. The number of carbonyl (C=O) groups is 1. The van der Waals surface area contributed by atoms with E-state index in [1.54, 1.807) is 17.5 Å². The Morgan fingerprint density at radius 1 is 1.33 bits per heavy atom. The molecule has 0 aliphatic carbocycles. The van der Waals surface area contributed by atoms with Gasteiger partial charge in [0.05, 0.1) is 32.7 Å². The summed E-state index contributed by atoms with van der Waals surface area (Å²) in [7, 11) is 0. The van der Waals surface area contributed by atoms with Gasteiger partial charge in [-0.3, -0.25) is 9.78 Å². The number of ether oxygens (including phenoxy) is 1. The van der Waals surface area contributed by atoms with E-state index < -0.39 is 0 Å². The topological polar surface area (TPSA) is 67.9 Å². The van der Waals surface area contributed by atoms with Gasteiger partial charge in [0.15, 0.2) is 0 Å². The van der Waals surface area contributed by atoms with Crippen LogP contribution >= 0.6 is 11.3 Å². The van der Waals surface area contributed by atoms with Gasteiger partial charge in [0, 0.05) is 18.0 Å². The highest BCUT2D eigenvalue weighted by Crippen LogP contribution is 2.23. The number of esters is 1. The van der Waals surface area contributed by atoms with Crippen LogP contribution in [0.5, 0.6) is 0 Å². The third-order valence-electron chi connectivity index (χ3n) is 3.81. The lowest BCUT2D eigenvalue weighted by Crippen LogP contribution is -2.07. The second-order valence-electron chi connectivity index (χ2n) is 5.59. The fraction of sp³-hybridized carbons (Fsp3) is 0.167. The summed E-state index contributed by atoms with van der Waals surface area (Å²) in [5, 5.41) is 1.03. The molecule has 3 heterocycles. The van der Waals surface area contributed by atoms with Crippen molar-refractivity contribution in [1.29, 1.82) is 0 Å². The maximum Gasteiger partial charge on any atom is 0.310 e. The highest BCUT2D eigenvalue weighted by atomic mass is 32.1. The van der Waals surface area contributed by atoms with Gasteiger partial charge in [0.1, 0.15) is 6.61 Å². The second kappa shape index (κ2) is 6.05. The molecule has 0 aliphatic heterocycles. The van der Waals surface area contributed by atoms with E-state index in [-0.39, 0.29) is 19.0 Å². The van der Waals surface area contributed by atoms with Crippen LogP contribution < -0.4 is 0 Å². The standard InChI is InChI=1S/C18H15N3O2S/c1-11-21-14-5-4-12(7-16(14)24-11)10-23-17(22)8-13-9-20-15-3-2-6-19-18(13)15/h2-7,9,20H,8,10H2,1H3. The number of nitrogens with zero attached hydrogens (tertiary/aromatic N) is 2. The highest BCUT2D eigenvalue weighted by Gasteiger charge is 2.11. The zero-order valence-corrected chi connectivity index (χ0v) is 13.9. The quantitative estimate of drug-likeness (QED) is 0.576. The van der Waals surface area contributed by atoms with E-state index in [9.17, 15) is 4.79 Å². The lowest BCUT2D eigenvalue weighted by molar-refractivity contribution is -0.144. The molecule has 1 N–H and O–H groups in total.